The average Bonchev–Trinajstić information content (AvgIpc) is 2.86. The fraction of sp³-hybridized carbons (Fsp3) is 0.286. The van der Waals surface area contributed by atoms with Crippen molar-refractivity contribution in [3.8, 4) is 5.75 Å². The van der Waals surface area contributed by atoms with E-state index in [0.717, 1.165) is 22.0 Å². The van der Waals surface area contributed by atoms with Crippen molar-refractivity contribution in [3.63, 3.8) is 0 Å². The lowest BCUT2D eigenvalue weighted by Crippen LogP contribution is -2.51. The van der Waals surface area contributed by atoms with Gasteiger partial charge in [0.2, 0.25) is 5.91 Å². The highest BCUT2D eigenvalue weighted by molar-refractivity contribution is 9.10. The first-order valence-corrected chi connectivity index (χ1v) is 12.4. The molecular formula is C28H31BrN2O3. The van der Waals surface area contributed by atoms with Gasteiger partial charge in [-0.3, -0.25) is 9.59 Å². The van der Waals surface area contributed by atoms with Crippen molar-refractivity contribution in [1.82, 2.24) is 10.2 Å². The second-order valence-corrected chi connectivity index (χ2v) is 8.87. The van der Waals surface area contributed by atoms with E-state index < -0.39 is 6.04 Å². The highest BCUT2D eigenvalue weighted by atomic mass is 79.9. The monoisotopic (exact) mass is 522 g/mol. The maximum absolute atomic E-state index is 13.5. The molecule has 2 amide bonds. The molecule has 3 aromatic rings. The van der Waals surface area contributed by atoms with Crippen LogP contribution in [0.4, 0.5) is 0 Å². The molecule has 34 heavy (non-hydrogen) atoms. The van der Waals surface area contributed by atoms with Gasteiger partial charge in [0.25, 0.3) is 5.91 Å². The van der Waals surface area contributed by atoms with Gasteiger partial charge < -0.3 is 15.0 Å². The molecule has 3 aromatic carbocycles. The number of amides is 2. The molecule has 0 unspecified atom stereocenters. The molecule has 0 aliphatic carbocycles. The smallest absolute Gasteiger partial charge is 0.261 e. The van der Waals surface area contributed by atoms with Crippen LogP contribution in [0.15, 0.2) is 83.3 Å². The largest absolute Gasteiger partial charge is 0.483 e. The predicted molar refractivity (Wildman–Crippen MR) is 139 cm³/mol. The molecule has 0 aliphatic rings. The molecule has 0 spiro atoms. The zero-order valence-corrected chi connectivity index (χ0v) is 21.3. The number of halogens is 1. The third-order valence-corrected chi connectivity index (χ3v) is 6.19. The normalized spacial score (nSPS) is 11.5. The number of nitrogens with zero attached hydrogens (tertiary/aromatic N) is 1. The first-order valence-electron chi connectivity index (χ1n) is 11.6. The molecule has 0 radical (unpaired) electrons. The molecule has 0 heterocycles. The number of carbonyl (C=O) groups excluding carboxylic acids is 2. The van der Waals surface area contributed by atoms with Crippen LogP contribution < -0.4 is 10.1 Å². The van der Waals surface area contributed by atoms with E-state index in [1.54, 1.807) is 4.90 Å². The highest BCUT2D eigenvalue weighted by Crippen LogP contribution is 2.26. The summed E-state index contributed by atoms with van der Waals surface area (Å²) in [5, 5.41) is 2.90. The molecule has 0 saturated carbocycles. The van der Waals surface area contributed by atoms with Gasteiger partial charge >= 0.3 is 0 Å². The number of carbonyl (C=O) groups is 2. The second-order valence-electron chi connectivity index (χ2n) is 8.01. The van der Waals surface area contributed by atoms with Gasteiger partial charge in [-0.25, -0.2) is 0 Å². The Hall–Kier alpha value is -3.12. The average molecular weight is 523 g/mol. The van der Waals surface area contributed by atoms with Crippen LogP contribution in [0, 0.1) is 0 Å². The summed E-state index contributed by atoms with van der Waals surface area (Å²) in [5.74, 6) is 0.175. The lowest BCUT2D eigenvalue weighted by Gasteiger charge is -2.31. The molecule has 0 bridgehead atoms. The number of likely N-dealkylation sites (N-methyl/N-ethyl adjacent to an activating group) is 1. The van der Waals surface area contributed by atoms with Crippen LogP contribution >= 0.6 is 15.9 Å². The van der Waals surface area contributed by atoms with Gasteiger partial charge in [-0.1, -0.05) is 73.7 Å². The van der Waals surface area contributed by atoms with Crippen LogP contribution in [0.2, 0.25) is 0 Å². The van der Waals surface area contributed by atoms with Crippen molar-refractivity contribution in [3.05, 3.63) is 100 Å². The summed E-state index contributed by atoms with van der Waals surface area (Å²) in [6.45, 7) is 4.60. The fourth-order valence-electron chi connectivity index (χ4n) is 3.73. The minimum atomic E-state index is -0.662. The number of hydrogen-bond acceptors (Lipinski definition) is 3. The first-order chi connectivity index (χ1) is 16.5. The van der Waals surface area contributed by atoms with Crippen LogP contribution in [0.3, 0.4) is 0 Å². The lowest BCUT2D eigenvalue weighted by atomic mass is 10.0. The van der Waals surface area contributed by atoms with Crippen LogP contribution in [0.5, 0.6) is 5.75 Å². The molecule has 0 aliphatic heterocycles. The third-order valence-electron chi connectivity index (χ3n) is 5.57. The number of ether oxygens (including phenoxy) is 1. The molecular weight excluding hydrogens is 492 g/mol. The third kappa shape index (κ3) is 7.19. The molecule has 6 heteroatoms. The SMILES string of the molecule is CCNC(=O)[C@@H](Cc1ccccc1)N(Cc1ccccc1)C(=O)COc1ccc(CC)cc1Br. The Kier molecular flexibility index (Phi) is 9.71. The van der Waals surface area contributed by atoms with Crippen LogP contribution in [0.1, 0.15) is 30.5 Å². The summed E-state index contributed by atoms with van der Waals surface area (Å²) >= 11 is 3.53. The van der Waals surface area contributed by atoms with E-state index in [1.165, 1.54) is 5.56 Å². The van der Waals surface area contributed by atoms with Crippen molar-refractivity contribution >= 4 is 27.7 Å². The maximum Gasteiger partial charge on any atom is 0.261 e. The van der Waals surface area contributed by atoms with Gasteiger partial charge in [-0.05, 0) is 58.1 Å². The maximum atomic E-state index is 13.5. The number of hydrogen-bond donors (Lipinski definition) is 1. The zero-order chi connectivity index (χ0) is 24.3. The van der Waals surface area contributed by atoms with Gasteiger partial charge in [0.1, 0.15) is 11.8 Å². The van der Waals surface area contributed by atoms with Crippen molar-refractivity contribution in [2.45, 2.75) is 39.3 Å². The molecule has 178 valence electrons. The Morgan fingerprint density at radius 2 is 1.56 bits per heavy atom. The Balaban J connectivity index is 1.86. The Labute approximate surface area is 210 Å². The van der Waals surface area contributed by atoms with Crippen LogP contribution in [0.25, 0.3) is 0 Å². The molecule has 0 saturated heterocycles. The summed E-state index contributed by atoms with van der Waals surface area (Å²) in [7, 11) is 0. The van der Waals surface area contributed by atoms with E-state index in [4.69, 9.17) is 4.74 Å². The van der Waals surface area contributed by atoms with E-state index in [1.807, 2.05) is 85.8 Å². The van der Waals surface area contributed by atoms with Crippen molar-refractivity contribution in [1.29, 1.82) is 0 Å². The zero-order valence-electron chi connectivity index (χ0n) is 19.7. The van der Waals surface area contributed by atoms with E-state index in [2.05, 4.69) is 28.2 Å². The first kappa shape index (κ1) is 25.5. The lowest BCUT2D eigenvalue weighted by molar-refractivity contribution is -0.142. The number of nitrogens with one attached hydrogen (secondary N) is 1. The fourth-order valence-corrected chi connectivity index (χ4v) is 4.27. The topological polar surface area (TPSA) is 58.6 Å². The van der Waals surface area contributed by atoms with E-state index in [0.29, 0.717) is 25.3 Å². The van der Waals surface area contributed by atoms with E-state index in [-0.39, 0.29) is 18.4 Å². The van der Waals surface area contributed by atoms with Gasteiger partial charge in [0, 0.05) is 19.5 Å². The van der Waals surface area contributed by atoms with Gasteiger partial charge in [0.05, 0.1) is 4.47 Å². The molecule has 0 fully saturated rings. The quantitative estimate of drug-likeness (QED) is 0.378. The molecule has 1 N–H and O–H groups in total. The van der Waals surface area contributed by atoms with Gasteiger partial charge in [-0.2, -0.15) is 0 Å². The Bertz CT molecular complexity index is 1070. The Morgan fingerprint density at radius 3 is 2.15 bits per heavy atom. The minimum Gasteiger partial charge on any atom is -0.483 e. The number of rotatable bonds is 11. The second kappa shape index (κ2) is 12.9. The highest BCUT2D eigenvalue weighted by Gasteiger charge is 2.30. The summed E-state index contributed by atoms with van der Waals surface area (Å²) in [6.07, 6.45) is 1.33. The molecule has 5 nitrogen and oxygen atoms in total. The summed E-state index contributed by atoms with van der Waals surface area (Å²) in [5.41, 5.74) is 3.12. The van der Waals surface area contributed by atoms with Gasteiger partial charge in [0.15, 0.2) is 6.61 Å². The van der Waals surface area contributed by atoms with Crippen molar-refractivity contribution < 1.29 is 14.3 Å². The van der Waals surface area contributed by atoms with Crippen LogP contribution in [-0.2, 0) is 29.0 Å². The minimum absolute atomic E-state index is 0.165. The number of aryl methyl sites for hydroxylation is 1. The van der Waals surface area contributed by atoms with Crippen molar-refractivity contribution in [2.24, 2.45) is 0 Å². The summed E-state index contributed by atoms with van der Waals surface area (Å²) in [4.78, 5) is 28.3. The van der Waals surface area contributed by atoms with Crippen molar-refractivity contribution in [2.75, 3.05) is 13.2 Å². The standard InChI is InChI=1S/C28H31BrN2O3/c1-3-21-15-16-26(24(29)17-21)34-20-27(32)31(19-23-13-9-6-10-14-23)25(28(33)30-4-2)18-22-11-7-5-8-12-22/h5-17,25H,3-4,18-20H2,1-2H3,(H,30,33)/t25-/m1/s1. The van der Waals surface area contributed by atoms with E-state index in [9.17, 15) is 9.59 Å². The van der Waals surface area contributed by atoms with Gasteiger partial charge in [-0.15, -0.1) is 0 Å². The van der Waals surface area contributed by atoms with Crippen LogP contribution in [-0.4, -0.2) is 35.9 Å². The summed E-state index contributed by atoms with van der Waals surface area (Å²) < 4.78 is 6.69. The van der Waals surface area contributed by atoms with E-state index >= 15 is 0 Å². The molecule has 3 rings (SSSR count). The number of benzene rings is 3. The molecule has 1 atom stereocenters. The predicted octanol–water partition coefficient (Wildman–Crippen LogP) is 5.17. The Morgan fingerprint density at radius 1 is 0.912 bits per heavy atom. The molecule has 0 aromatic heterocycles. The summed E-state index contributed by atoms with van der Waals surface area (Å²) in [6, 6.07) is 24.6.